The second-order valence-electron chi connectivity index (χ2n) is 4.53. The second kappa shape index (κ2) is 9.34. The van der Waals surface area contributed by atoms with Gasteiger partial charge < -0.3 is 9.05 Å². The number of unbranched alkanes of at least 4 members (excludes halogenated alkanes) is 3. The molecule has 1 aliphatic rings. The first-order valence-electron chi connectivity index (χ1n) is 7.20. The normalized spacial score (nSPS) is 14.1. The van der Waals surface area contributed by atoms with E-state index < -0.39 is 7.60 Å². The van der Waals surface area contributed by atoms with Gasteiger partial charge in [0.15, 0.2) is 0 Å². The molecule has 4 heteroatoms. The van der Waals surface area contributed by atoms with Gasteiger partial charge in [-0.25, -0.2) is 0 Å². The highest BCUT2D eigenvalue weighted by Crippen LogP contribution is 2.48. The van der Waals surface area contributed by atoms with Crippen LogP contribution in [0.25, 0.3) is 0 Å². The lowest BCUT2D eigenvalue weighted by molar-refractivity contribution is 0.219. The standard InChI is InChI=1S/C15H25O3P/c1-3-17-19(16,18-4-2)14-10-6-5-7-11-15-12-8-9-13-15/h8-9,12H,3-7,10-11,14H2,1-2H3. The van der Waals surface area contributed by atoms with Crippen molar-refractivity contribution in [3.05, 3.63) is 29.5 Å². The molecule has 0 heterocycles. The van der Waals surface area contributed by atoms with Crippen molar-refractivity contribution in [2.75, 3.05) is 19.4 Å². The first-order chi connectivity index (χ1) is 9.20. The number of allylic oxidation sites excluding steroid dienone is 3. The van der Waals surface area contributed by atoms with Crippen LogP contribution < -0.4 is 0 Å². The van der Waals surface area contributed by atoms with Gasteiger partial charge in [-0.15, -0.1) is 5.73 Å². The minimum atomic E-state index is -2.82. The maximum atomic E-state index is 12.2. The first kappa shape index (κ1) is 16.5. The zero-order chi connectivity index (χ0) is 14.0. The molecule has 0 aromatic rings. The fourth-order valence-corrected chi connectivity index (χ4v) is 3.79. The van der Waals surface area contributed by atoms with Crippen LogP contribution in [0.5, 0.6) is 0 Å². The largest absolute Gasteiger partial charge is 0.330 e. The van der Waals surface area contributed by atoms with Crippen LogP contribution in [0.3, 0.4) is 0 Å². The lowest BCUT2D eigenvalue weighted by atomic mass is 10.1. The lowest BCUT2D eigenvalue weighted by Crippen LogP contribution is -2.00. The Hall–Kier alpha value is -0.590. The van der Waals surface area contributed by atoms with Gasteiger partial charge in [-0.05, 0) is 44.8 Å². The molecule has 0 spiro atoms. The zero-order valence-electron chi connectivity index (χ0n) is 12.1. The van der Waals surface area contributed by atoms with E-state index >= 15 is 0 Å². The summed E-state index contributed by atoms with van der Waals surface area (Å²) in [6.45, 7) is 4.60. The van der Waals surface area contributed by atoms with Crippen LogP contribution in [0.4, 0.5) is 0 Å². The summed E-state index contributed by atoms with van der Waals surface area (Å²) in [5.41, 5.74) is 4.49. The molecule has 19 heavy (non-hydrogen) atoms. The van der Waals surface area contributed by atoms with E-state index in [1.54, 1.807) is 0 Å². The SMILES string of the molecule is CCOP(=O)(CCCCCCC1=C=CC=C1)OCC. The Labute approximate surface area is 116 Å². The molecule has 0 aliphatic heterocycles. The molecule has 0 saturated heterocycles. The van der Waals surface area contributed by atoms with Crippen LogP contribution in [-0.2, 0) is 13.6 Å². The van der Waals surface area contributed by atoms with Gasteiger partial charge in [-0.3, -0.25) is 4.57 Å². The van der Waals surface area contributed by atoms with E-state index in [4.69, 9.17) is 9.05 Å². The summed E-state index contributed by atoms with van der Waals surface area (Å²) in [5.74, 6) is 0. The van der Waals surface area contributed by atoms with E-state index in [-0.39, 0.29) is 0 Å². The van der Waals surface area contributed by atoms with Gasteiger partial charge in [-0.2, -0.15) is 0 Å². The summed E-state index contributed by atoms with van der Waals surface area (Å²) in [4.78, 5) is 0. The van der Waals surface area contributed by atoms with Crippen molar-refractivity contribution in [3.8, 4) is 0 Å². The highest BCUT2D eigenvalue weighted by atomic mass is 31.2. The Morgan fingerprint density at radius 2 is 1.79 bits per heavy atom. The molecule has 108 valence electrons. The Morgan fingerprint density at radius 3 is 2.37 bits per heavy atom. The number of hydrogen-bond donors (Lipinski definition) is 0. The summed E-state index contributed by atoms with van der Waals surface area (Å²) >= 11 is 0. The van der Waals surface area contributed by atoms with Crippen LogP contribution in [-0.4, -0.2) is 19.4 Å². The third-order valence-corrected chi connectivity index (χ3v) is 5.11. The van der Waals surface area contributed by atoms with Crippen molar-refractivity contribution in [2.24, 2.45) is 0 Å². The molecular weight excluding hydrogens is 259 g/mol. The molecule has 0 aromatic carbocycles. The fourth-order valence-electron chi connectivity index (χ4n) is 2.06. The second-order valence-corrected chi connectivity index (χ2v) is 6.72. The third-order valence-electron chi connectivity index (χ3n) is 2.94. The highest BCUT2D eigenvalue weighted by Gasteiger charge is 2.22. The predicted octanol–water partition coefficient (Wildman–Crippen LogP) is 4.85. The maximum Gasteiger partial charge on any atom is 0.330 e. The predicted molar refractivity (Wildman–Crippen MR) is 79.5 cm³/mol. The van der Waals surface area contributed by atoms with Crippen molar-refractivity contribution in [3.63, 3.8) is 0 Å². The summed E-state index contributed by atoms with van der Waals surface area (Å²) in [7, 11) is -2.82. The molecule has 0 aromatic heterocycles. The Morgan fingerprint density at radius 1 is 1.11 bits per heavy atom. The van der Waals surface area contributed by atoms with Crippen molar-refractivity contribution >= 4 is 7.60 Å². The first-order valence-corrected chi connectivity index (χ1v) is 8.93. The van der Waals surface area contributed by atoms with Crippen molar-refractivity contribution in [1.29, 1.82) is 0 Å². The summed E-state index contributed by atoms with van der Waals surface area (Å²) in [5, 5.41) is 0. The average Bonchev–Trinajstić information content (AvgIpc) is 2.87. The van der Waals surface area contributed by atoms with E-state index in [0.717, 1.165) is 32.1 Å². The average molecular weight is 284 g/mol. The maximum absolute atomic E-state index is 12.2. The number of hydrogen-bond acceptors (Lipinski definition) is 3. The molecule has 0 atom stereocenters. The minimum Gasteiger partial charge on any atom is -0.309 e. The van der Waals surface area contributed by atoms with E-state index in [9.17, 15) is 4.57 Å². The molecule has 0 saturated carbocycles. The van der Waals surface area contributed by atoms with Crippen molar-refractivity contribution in [1.82, 2.24) is 0 Å². The molecule has 0 radical (unpaired) electrons. The van der Waals surface area contributed by atoms with E-state index in [1.165, 1.54) is 5.57 Å². The highest BCUT2D eigenvalue weighted by molar-refractivity contribution is 7.53. The van der Waals surface area contributed by atoms with Gasteiger partial charge in [0.2, 0.25) is 0 Å². The van der Waals surface area contributed by atoms with Gasteiger partial charge in [-0.1, -0.05) is 25.0 Å². The minimum absolute atomic E-state index is 0.449. The van der Waals surface area contributed by atoms with E-state index in [1.807, 2.05) is 26.0 Å². The molecule has 0 bridgehead atoms. The van der Waals surface area contributed by atoms with E-state index in [0.29, 0.717) is 19.4 Å². The molecule has 0 fully saturated rings. The molecule has 1 aliphatic carbocycles. The third kappa shape index (κ3) is 6.94. The van der Waals surface area contributed by atoms with Crippen molar-refractivity contribution in [2.45, 2.75) is 46.0 Å². The molecule has 3 nitrogen and oxygen atoms in total. The molecule has 0 amide bonds. The van der Waals surface area contributed by atoms with E-state index in [2.05, 4.69) is 11.8 Å². The van der Waals surface area contributed by atoms with Crippen LogP contribution in [0.2, 0.25) is 0 Å². The summed E-state index contributed by atoms with van der Waals surface area (Å²) < 4.78 is 22.7. The van der Waals surface area contributed by atoms with Crippen LogP contribution in [0, 0.1) is 0 Å². The lowest BCUT2D eigenvalue weighted by Gasteiger charge is -2.16. The van der Waals surface area contributed by atoms with Crippen LogP contribution in [0.1, 0.15) is 46.0 Å². The monoisotopic (exact) mass is 284 g/mol. The smallest absolute Gasteiger partial charge is 0.309 e. The van der Waals surface area contributed by atoms with Gasteiger partial charge in [0.05, 0.1) is 19.4 Å². The van der Waals surface area contributed by atoms with Gasteiger partial charge in [0.1, 0.15) is 0 Å². The summed E-state index contributed by atoms with van der Waals surface area (Å²) in [6.07, 6.45) is 12.0. The summed E-state index contributed by atoms with van der Waals surface area (Å²) in [6, 6.07) is 0. The molecule has 0 N–H and O–H groups in total. The van der Waals surface area contributed by atoms with Crippen LogP contribution >= 0.6 is 7.60 Å². The quantitative estimate of drug-likeness (QED) is 0.309. The number of rotatable bonds is 11. The van der Waals surface area contributed by atoms with Gasteiger partial charge in [0, 0.05) is 0 Å². The molecular formula is C15H25O3P. The van der Waals surface area contributed by atoms with Crippen LogP contribution in [0.15, 0.2) is 29.5 Å². The van der Waals surface area contributed by atoms with Crippen molar-refractivity contribution < 1.29 is 13.6 Å². The Kier molecular flexibility index (Phi) is 8.09. The molecule has 0 unspecified atom stereocenters. The van der Waals surface area contributed by atoms with Gasteiger partial charge >= 0.3 is 7.60 Å². The Bertz CT molecular complexity index is 382. The fraction of sp³-hybridized carbons (Fsp3) is 0.667. The molecule has 1 rings (SSSR count). The zero-order valence-corrected chi connectivity index (χ0v) is 13.0. The Balaban J connectivity index is 2.09. The topological polar surface area (TPSA) is 35.5 Å². The van der Waals surface area contributed by atoms with Gasteiger partial charge in [0.25, 0.3) is 0 Å².